The highest BCUT2D eigenvalue weighted by Gasteiger charge is 2.04. The first-order chi connectivity index (χ1) is 9.71. The molecule has 0 radical (unpaired) electrons. The highest BCUT2D eigenvalue weighted by Crippen LogP contribution is 2.15. The van der Waals surface area contributed by atoms with Gasteiger partial charge in [-0.3, -0.25) is 10.1 Å². The Morgan fingerprint density at radius 3 is 2.55 bits per heavy atom. The van der Waals surface area contributed by atoms with Crippen molar-refractivity contribution in [2.24, 2.45) is 0 Å². The molecule has 0 spiro atoms. The summed E-state index contributed by atoms with van der Waals surface area (Å²) in [7, 11) is 0. The van der Waals surface area contributed by atoms with Gasteiger partial charge in [0.2, 0.25) is 11.0 Å². The van der Waals surface area contributed by atoms with Gasteiger partial charge in [-0.1, -0.05) is 49.4 Å². The lowest BCUT2D eigenvalue weighted by Gasteiger charge is -1.97. The molecule has 0 unspecified atom stereocenters. The van der Waals surface area contributed by atoms with Crippen LogP contribution >= 0.6 is 11.3 Å². The molecule has 0 aliphatic carbocycles. The Morgan fingerprint density at radius 1 is 1.20 bits per heavy atom. The van der Waals surface area contributed by atoms with Crippen LogP contribution < -0.4 is 5.32 Å². The highest BCUT2D eigenvalue weighted by molar-refractivity contribution is 7.15. The smallest absolute Gasteiger partial charge is 0.250 e. The number of anilines is 1. The maximum atomic E-state index is 11.7. The molecule has 0 aliphatic rings. The maximum absolute atomic E-state index is 11.7. The van der Waals surface area contributed by atoms with Gasteiger partial charge in [0, 0.05) is 6.08 Å². The molecule has 1 aromatic carbocycles. The van der Waals surface area contributed by atoms with Crippen molar-refractivity contribution in [3.05, 3.63) is 46.5 Å². The molecular weight excluding hydrogens is 270 g/mol. The molecule has 1 N–H and O–H groups in total. The van der Waals surface area contributed by atoms with Crippen LogP contribution in [0.25, 0.3) is 6.08 Å². The van der Waals surface area contributed by atoms with Crippen molar-refractivity contribution < 1.29 is 4.79 Å². The van der Waals surface area contributed by atoms with E-state index in [-0.39, 0.29) is 5.91 Å². The quantitative estimate of drug-likeness (QED) is 0.858. The third-order valence-corrected chi connectivity index (χ3v) is 3.80. The first kappa shape index (κ1) is 14.4. The summed E-state index contributed by atoms with van der Waals surface area (Å²) in [5, 5.41) is 12.0. The lowest BCUT2D eigenvalue weighted by atomic mass is 10.1. The minimum Gasteiger partial charge on any atom is -0.297 e. The van der Waals surface area contributed by atoms with E-state index in [0.717, 1.165) is 23.4 Å². The second-order valence-electron chi connectivity index (χ2n) is 4.27. The van der Waals surface area contributed by atoms with E-state index in [9.17, 15) is 4.79 Å². The van der Waals surface area contributed by atoms with Crippen LogP contribution in [0.15, 0.2) is 30.3 Å². The standard InChI is InChI=1S/C15H17N3OS/c1-3-11-5-7-12(8-6-11)9-10-13(19)16-15-18-17-14(4-2)20-15/h5-10H,3-4H2,1-2H3,(H,16,18,19)/b10-9+. The summed E-state index contributed by atoms with van der Waals surface area (Å²) in [6, 6.07) is 8.14. The van der Waals surface area contributed by atoms with Crippen molar-refractivity contribution in [3.8, 4) is 0 Å². The van der Waals surface area contributed by atoms with E-state index in [0.29, 0.717) is 5.13 Å². The second kappa shape index (κ2) is 6.96. The number of aryl methyl sites for hydroxylation is 2. The summed E-state index contributed by atoms with van der Waals surface area (Å²) in [6.07, 6.45) is 5.14. The van der Waals surface area contributed by atoms with Crippen molar-refractivity contribution in [2.75, 3.05) is 5.32 Å². The summed E-state index contributed by atoms with van der Waals surface area (Å²) in [4.78, 5) is 11.7. The van der Waals surface area contributed by atoms with Gasteiger partial charge in [0.1, 0.15) is 5.01 Å². The van der Waals surface area contributed by atoms with E-state index in [1.165, 1.54) is 23.0 Å². The predicted molar refractivity (Wildman–Crippen MR) is 82.8 cm³/mol. The third kappa shape index (κ3) is 3.99. The van der Waals surface area contributed by atoms with Gasteiger partial charge in [-0.25, -0.2) is 0 Å². The van der Waals surface area contributed by atoms with Gasteiger partial charge in [-0.2, -0.15) is 0 Å². The largest absolute Gasteiger partial charge is 0.297 e. The van der Waals surface area contributed by atoms with Crippen LogP contribution in [0.3, 0.4) is 0 Å². The normalized spacial score (nSPS) is 10.9. The molecule has 2 rings (SSSR count). The number of hydrogen-bond donors (Lipinski definition) is 1. The van der Waals surface area contributed by atoms with E-state index in [4.69, 9.17) is 0 Å². The Balaban J connectivity index is 1.94. The van der Waals surface area contributed by atoms with Crippen LogP contribution in [-0.2, 0) is 17.6 Å². The van der Waals surface area contributed by atoms with Crippen molar-refractivity contribution >= 4 is 28.5 Å². The average Bonchev–Trinajstić information content (AvgIpc) is 2.93. The van der Waals surface area contributed by atoms with Gasteiger partial charge in [-0.05, 0) is 30.0 Å². The van der Waals surface area contributed by atoms with Crippen LogP contribution in [0, 0.1) is 0 Å². The summed E-state index contributed by atoms with van der Waals surface area (Å²) < 4.78 is 0. The van der Waals surface area contributed by atoms with E-state index in [1.807, 2.05) is 19.1 Å². The van der Waals surface area contributed by atoms with Gasteiger partial charge >= 0.3 is 0 Å². The zero-order valence-corrected chi connectivity index (χ0v) is 12.4. The summed E-state index contributed by atoms with van der Waals surface area (Å²) in [6.45, 7) is 4.12. The Kier molecular flexibility index (Phi) is 5.01. The van der Waals surface area contributed by atoms with Crippen LogP contribution in [0.5, 0.6) is 0 Å². The Morgan fingerprint density at radius 2 is 1.95 bits per heavy atom. The maximum Gasteiger partial charge on any atom is 0.250 e. The van der Waals surface area contributed by atoms with E-state index >= 15 is 0 Å². The van der Waals surface area contributed by atoms with Gasteiger partial charge in [-0.15, -0.1) is 10.2 Å². The fraction of sp³-hybridized carbons (Fsp3) is 0.267. The fourth-order valence-electron chi connectivity index (χ4n) is 1.63. The summed E-state index contributed by atoms with van der Waals surface area (Å²) in [5.41, 5.74) is 2.29. The predicted octanol–water partition coefficient (Wildman–Crippen LogP) is 3.31. The number of amides is 1. The number of benzene rings is 1. The molecule has 0 saturated carbocycles. The molecule has 0 atom stereocenters. The SMILES string of the molecule is CCc1ccc(/C=C/C(=O)Nc2nnc(CC)s2)cc1. The van der Waals surface area contributed by atoms with Crippen LogP contribution in [0.4, 0.5) is 5.13 Å². The molecule has 0 aliphatic heterocycles. The molecule has 2 aromatic rings. The average molecular weight is 287 g/mol. The zero-order valence-electron chi connectivity index (χ0n) is 11.6. The molecule has 1 amide bonds. The van der Waals surface area contributed by atoms with Gasteiger partial charge in [0.05, 0.1) is 0 Å². The molecule has 5 heteroatoms. The number of rotatable bonds is 5. The minimum absolute atomic E-state index is 0.191. The number of hydrogen-bond acceptors (Lipinski definition) is 4. The monoisotopic (exact) mass is 287 g/mol. The first-order valence-electron chi connectivity index (χ1n) is 6.61. The van der Waals surface area contributed by atoms with Crippen molar-refractivity contribution in [1.82, 2.24) is 10.2 Å². The lowest BCUT2D eigenvalue weighted by molar-refractivity contribution is -0.111. The van der Waals surface area contributed by atoms with Gasteiger partial charge < -0.3 is 0 Å². The molecular formula is C15H17N3OS. The highest BCUT2D eigenvalue weighted by atomic mass is 32.1. The van der Waals surface area contributed by atoms with Crippen LogP contribution in [-0.4, -0.2) is 16.1 Å². The number of aromatic nitrogens is 2. The summed E-state index contributed by atoms with van der Waals surface area (Å²) >= 11 is 1.40. The van der Waals surface area contributed by atoms with Crippen LogP contribution in [0.1, 0.15) is 30.0 Å². The molecule has 104 valence electrons. The topological polar surface area (TPSA) is 54.9 Å². The van der Waals surface area contributed by atoms with Crippen molar-refractivity contribution in [3.63, 3.8) is 0 Å². The Hall–Kier alpha value is -2.01. The van der Waals surface area contributed by atoms with E-state index in [2.05, 4.69) is 34.6 Å². The second-order valence-corrected chi connectivity index (χ2v) is 5.33. The molecule has 1 aromatic heterocycles. The molecule has 0 bridgehead atoms. The molecule has 4 nitrogen and oxygen atoms in total. The number of carbonyl (C=O) groups excluding carboxylic acids is 1. The van der Waals surface area contributed by atoms with Crippen molar-refractivity contribution in [2.45, 2.75) is 26.7 Å². The number of nitrogens with zero attached hydrogens (tertiary/aromatic N) is 2. The van der Waals surface area contributed by atoms with Gasteiger partial charge in [0.15, 0.2) is 0 Å². The van der Waals surface area contributed by atoms with Crippen LogP contribution in [0.2, 0.25) is 0 Å². The van der Waals surface area contributed by atoms with E-state index < -0.39 is 0 Å². The molecule has 20 heavy (non-hydrogen) atoms. The third-order valence-electron chi connectivity index (χ3n) is 2.81. The lowest BCUT2D eigenvalue weighted by Crippen LogP contribution is -2.07. The Labute approximate surface area is 122 Å². The van der Waals surface area contributed by atoms with Gasteiger partial charge in [0.25, 0.3) is 0 Å². The van der Waals surface area contributed by atoms with Crippen molar-refractivity contribution in [1.29, 1.82) is 0 Å². The zero-order chi connectivity index (χ0) is 14.4. The molecule has 0 saturated heterocycles. The summed E-state index contributed by atoms with van der Waals surface area (Å²) in [5.74, 6) is -0.191. The number of carbonyl (C=O) groups is 1. The molecule has 1 heterocycles. The Bertz CT molecular complexity index is 602. The van der Waals surface area contributed by atoms with E-state index in [1.54, 1.807) is 6.08 Å². The minimum atomic E-state index is -0.191. The first-order valence-corrected chi connectivity index (χ1v) is 7.43. The number of nitrogens with one attached hydrogen (secondary N) is 1. The molecule has 0 fully saturated rings. The fourth-order valence-corrected chi connectivity index (χ4v) is 2.31.